The molecule has 0 radical (unpaired) electrons. The first kappa shape index (κ1) is 12.6. The number of nitrogens with zero attached hydrogens (tertiary/aromatic N) is 2. The molecule has 3 rings (SSSR count). The molecule has 0 bridgehead atoms. The van der Waals surface area contributed by atoms with Crippen LogP contribution in [0.4, 0.5) is 5.69 Å². The zero-order chi connectivity index (χ0) is 13.2. The van der Waals surface area contributed by atoms with Crippen molar-refractivity contribution in [2.75, 3.05) is 25.0 Å². The minimum absolute atomic E-state index is 0.918. The molecule has 0 atom stereocenters. The molecule has 0 fully saturated rings. The number of nitrogens with one attached hydrogen (secondary N) is 1. The molecule has 1 aliphatic heterocycles. The third kappa shape index (κ3) is 2.51. The molecule has 0 unspecified atom stereocenters. The molecule has 0 spiro atoms. The lowest BCUT2D eigenvalue weighted by molar-refractivity contribution is 0.734. The van der Waals surface area contributed by atoms with Crippen LogP contribution in [0.2, 0.25) is 0 Å². The summed E-state index contributed by atoms with van der Waals surface area (Å²) >= 11 is 1.78. The minimum atomic E-state index is 0.918. The van der Waals surface area contributed by atoms with Gasteiger partial charge in [-0.1, -0.05) is 6.92 Å². The largest absolute Gasteiger partial charge is 0.374 e. The first-order valence-electron chi connectivity index (χ1n) is 6.78. The maximum absolute atomic E-state index is 4.55. The van der Waals surface area contributed by atoms with Crippen molar-refractivity contribution in [2.24, 2.45) is 0 Å². The fraction of sp³-hybridized carbons (Fsp3) is 0.400. The second kappa shape index (κ2) is 5.31. The highest BCUT2D eigenvalue weighted by atomic mass is 32.1. The van der Waals surface area contributed by atoms with Crippen LogP contribution in [-0.4, -0.2) is 25.1 Å². The predicted molar refractivity (Wildman–Crippen MR) is 81.9 cm³/mol. The van der Waals surface area contributed by atoms with Crippen molar-refractivity contribution in [3.63, 3.8) is 0 Å². The van der Waals surface area contributed by atoms with Crippen LogP contribution < -0.4 is 10.2 Å². The molecule has 1 N–H and O–H groups in total. The highest BCUT2D eigenvalue weighted by Crippen LogP contribution is 2.32. The van der Waals surface area contributed by atoms with E-state index < -0.39 is 0 Å². The van der Waals surface area contributed by atoms with Crippen LogP contribution in [0.5, 0.6) is 0 Å². The van der Waals surface area contributed by atoms with E-state index in [1.54, 1.807) is 11.3 Å². The van der Waals surface area contributed by atoms with E-state index in [4.69, 9.17) is 0 Å². The van der Waals surface area contributed by atoms with Crippen LogP contribution in [0, 0.1) is 0 Å². The molecule has 19 heavy (non-hydrogen) atoms. The Labute approximate surface area is 118 Å². The van der Waals surface area contributed by atoms with Gasteiger partial charge in [0.25, 0.3) is 0 Å². The van der Waals surface area contributed by atoms with Crippen molar-refractivity contribution < 1.29 is 0 Å². The van der Waals surface area contributed by atoms with Crippen LogP contribution >= 0.6 is 11.3 Å². The Kier molecular flexibility index (Phi) is 3.53. The van der Waals surface area contributed by atoms with Gasteiger partial charge in [-0.3, -0.25) is 0 Å². The fourth-order valence-electron chi connectivity index (χ4n) is 2.47. The molecular formula is C15H19N3S. The number of likely N-dealkylation sites (N-methyl/N-ethyl adjacent to an activating group) is 1. The van der Waals surface area contributed by atoms with Crippen molar-refractivity contribution >= 4 is 17.0 Å². The maximum Gasteiger partial charge on any atom is 0.123 e. The van der Waals surface area contributed by atoms with Gasteiger partial charge in [-0.2, -0.15) is 0 Å². The van der Waals surface area contributed by atoms with Crippen LogP contribution in [0.1, 0.15) is 17.4 Å². The molecule has 1 aromatic carbocycles. The van der Waals surface area contributed by atoms with Gasteiger partial charge in [0.1, 0.15) is 5.01 Å². The fourth-order valence-corrected chi connectivity index (χ4v) is 3.35. The average Bonchev–Trinajstić information content (AvgIpc) is 3.04. The SMILES string of the molecule is CCNCc1cnc(-c2ccc3c(c2)CCN3C)s1. The summed E-state index contributed by atoms with van der Waals surface area (Å²) in [6.07, 6.45) is 3.14. The lowest BCUT2D eigenvalue weighted by Gasteiger charge is -2.11. The predicted octanol–water partition coefficient (Wildman–Crippen LogP) is 2.91. The summed E-state index contributed by atoms with van der Waals surface area (Å²) in [6, 6.07) is 6.72. The van der Waals surface area contributed by atoms with E-state index in [0.717, 1.165) is 31.1 Å². The number of fused-ring (bicyclic) bond motifs is 1. The topological polar surface area (TPSA) is 28.2 Å². The first-order chi connectivity index (χ1) is 9.28. The van der Waals surface area contributed by atoms with Crippen LogP contribution in [-0.2, 0) is 13.0 Å². The number of anilines is 1. The molecular weight excluding hydrogens is 254 g/mol. The Morgan fingerprint density at radius 3 is 3.16 bits per heavy atom. The standard InChI is InChI=1S/C15H19N3S/c1-3-16-9-13-10-17-15(19-13)12-4-5-14-11(8-12)6-7-18(14)2/h4-5,8,10,16H,3,6-7,9H2,1-2H3. The summed E-state index contributed by atoms with van der Waals surface area (Å²) in [5.74, 6) is 0. The molecule has 3 nitrogen and oxygen atoms in total. The van der Waals surface area contributed by atoms with Crippen molar-refractivity contribution in [1.82, 2.24) is 10.3 Å². The molecule has 2 heterocycles. The quantitative estimate of drug-likeness (QED) is 0.928. The van der Waals surface area contributed by atoms with Crippen LogP contribution in [0.25, 0.3) is 10.6 Å². The number of benzene rings is 1. The smallest absolute Gasteiger partial charge is 0.123 e. The van der Waals surface area contributed by atoms with E-state index in [0.29, 0.717) is 0 Å². The Morgan fingerprint density at radius 1 is 1.42 bits per heavy atom. The molecule has 0 saturated carbocycles. The lowest BCUT2D eigenvalue weighted by atomic mass is 10.1. The average molecular weight is 273 g/mol. The van der Waals surface area contributed by atoms with Gasteiger partial charge < -0.3 is 10.2 Å². The van der Waals surface area contributed by atoms with Gasteiger partial charge >= 0.3 is 0 Å². The van der Waals surface area contributed by atoms with E-state index in [9.17, 15) is 0 Å². The van der Waals surface area contributed by atoms with Gasteiger partial charge in [-0.05, 0) is 36.7 Å². The van der Waals surface area contributed by atoms with Crippen molar-refractivity contribution in [1.29, 1.82) is 0 Å². The van der Waals surface area contributed by atoms with E-state index in [2.05, 4.69) is 47.4 Å². The normalized spacial score (nSPS) is 13.9. The van der Waals surface area contributed by atoms with Crippen molar-refractivity contribution in [3.8, 4) is 10.6 Å². The molecule has 1 aromatic heterocycles. The minimum Gasteiger partial charge on any atom is -0.374 e. The van der Waals surface area contributed by atoms with E-state index in [1.807, 2.05) is 6.20 Å². The monoisotopic (exact) mass is 273 g/mol. The lowest BCUT2D eigenvalue weighted by Crippen LogP contribution is -2.12. The zero-order valence-corrected chi connectivity index (χ0v) is 12.3. The second-order valence-electron chi connectivity index (χ2n) is 4.93. The molecule has 100 valence electrons. The molecule has 1 aliphatic rings. The van der Waals surface area contributed by atoms with Crippen molar-refractivity contribution in [2.45, 2.75) is 19.9 Å². The van der Waals surface area contributed by atoms with Gasteiger partial charge in [0.15, 0.2) is 0 Å². The summed E-state index contributed by atoms with van der Waals surface area (Å²) < 4.78 is 0. The molecule has 0 aliphatic carbocycles. The van der Waals surface area contributed by atoms with Gasteiger partial charge in [-0.15, -0.1) is 11.3 Å². The number of aromatic nitrogens is 1. The highest BCUT2D eigenvalue weighted by molar-refractivity contribution is 7.15. The summed E-state index contributed by atoms with van der Waals surface area (Å²) in [4.78, 5) is 8.17. The van der Waals surface area contributed by atoms with Gasteiger partial charge in [0.2, 0.25) is 0 Å². The van der Waals surface area contributed by atoms with Gasteiger partial charge in [0, 0.05) is 42.5 Å². The molecule has 0 saturated heterocycles. The van der Waals surface area contributed by atoms with Gasteiger partial charge in [0.05, 0.1) is 0 Å². The summed E-state index contributed by atoms with van der Waals surface area (Å²) in [7, 11) is 2.16. The van der Waals surface area contributed by atoms with E-state index in [1.165, 1.54) is 21.7 Å². The highest BCUT2D eigenvalue weighted by Gasteiger charge is 2.16. The third-order valence-electron chi connectivity index (χ3n) is 3.56. The second-order valence-corrected chi connectivity index (χ2v) is 6.04. The number of rotatable bonds is 4. The molecule has 0 amide bonds. The Balaban J connectivity index is 1.84. The maximum atomic E-state index is 4.55. The summed E-state index contributed by atoms with van der Waals surface area (Å²) in [5, 5.41) is 4.47. The van der Waals surface area contributed by atoms with Crippen LogP contribution in [0.3, 0.4) is 0 Å². The third-order valence-corrected chi connectivity index (χ3v) is 4.60. The molecule has 4 heteroatoms. The van der Waals surface area contributed by atoms with E-state index >= 15 is 0 Å². The number of hydrogen-bond donors (Lipinski definition) is 1. The van der Waals surface area contributed by atoms with Crippen LogP contribution in [0.15, 0.2) is 24.4 Å². The number of hydrogen-bond acceptors (Lipinski definition) is 4. The molecule has 2 aromatic rings. The Hall–Kier alpha value is -1.39. The van der Waals surface area contributed by atoms with Gasteiger partial charge in [-0.25, -0.2) is 4.98 Å². The summed E-state index contributed by atoms with van der Waals surface area (Å²) in [6.45, 7) is 5.17. The van der Waals surface area contributed by atoms with E-state index in [-0.39, 0.29) is 0 Å². The zero-order valence-electron chi connectivity index (χ0n) is 11.4. The Morgan fingerprint density at radius 2 is 2.32 bits per heavy atom. The number of thiazole rings is 1. The van der Waals surface area contributed by atoms with Crippen molar-refractivity contribution in [3.05, 3.63) is 34.8 Å². The Bertz CT molecular complexity index is 577. The summed E-state index contributed by atoms with van der Waals surface area (Å²) in [5.41, 5.74) is 4.07. The first-order valence-corrected chi connectivity index (χ1v) is 7.59.